The maximum absolute atomic E-state index is 12.0. The third-order valence-electron chi connectivity index (χ3n) is 3.16. The Bertz CT molecular complexity index is 853. The fourth-order valence-corrected chi connectivity index (χ4v) is 3.03. The van der Waals surface area contributed by atoms with Gasteiger partial charge in [0.2, 0.25) is 5.91 Å². The van der Waals surface area contributed by atoms with Crippen LogP contribution in [0.15, 0.2) is 52.7 Å². The number of nitrogens with zero attached hydrogens (tertiary/aromatic N) is 3. The number of anilines is 1. The van der Waals surface area contributed by atoms with E-state index in [9.17, 15) is 4.79 Å². The van der Waals surface area contributed by atoms with Crippen LogP contribution in [-0.2, 0) is 11.3 Å². The number of imidazole rings is 1. The summed E-state index contributed by atoms with van der Waals surface area (Å²) in [5.41, 5.74) is 1.94. The summed E-state index contributed by atoms with van der Waals surface area (Å²) in [6.07, 6.45) is 1.82. The van der Waals surface area contributed by atoms with E-state index in [4.69, 9.17) is 4.52 Å². The molecule has 7 heteroatoms. The van der Waals surface area contributed by atoms with Gasteiger partial charge in [-0.25, -0.2) is 4.98 Å². The van der Waals surface area contributed by atoms with E-state index in [1.807, 2.05) is 34.9 Å². The molecule has 0 radical (unpaired) electrons. The lowest BCUT2D eigenvalue weighted by Crippen LogP contribution is -2.14. The number of hydrogen-bond donors (Lipinski definition) is 1. The summed E-state index contributed by atoms with van der Waals surface area (Å²) in [7, 11) is 0. The van der Waals surface area contributed by atoms with E-state index >= 15 is 0 Å². The zero-order valence-corrected chi connectivity index (χ0v) is 13.5. The second-order valence-electron chi connectivity index (χ2n) is 4.94. The summed E-state index contributed by atoms with van der Waals surface area (Å²) in [6.45, 7) is 6.20. The monoisotopic (exact) mass is 328 g/mol. The molecule has 3 aromatic rings. The SMILES string of the molecule is C=CCn1c(SCC(=O)Nc2cc(C)on2)nc2ccccc21. The second-order valence-corrected chi connectivity index (χ2v) is 5.88. The number of aryl methyl sites for hydroxylation is 1. The van der Waals surface area contributed by atoms with Crippen LogP contribution < -0.4 is 5.32 Å². The summed E-state index contributed by atoms with van der Waals surface area (Å²) in [6, 6.07) is 9.56. The molecule has 0 saturated heterocycles. The first-order chi connectivity index (χ1) is 11.2. The maximum Gasteiger partial charge on any atom is 0.236 e. The van der Waals surface area contributed by atoms with Crippen molar-refractivity contribution in [3.63, 3.8) is 0 Å². The first kappa shape index (κ1) is 15.4. The van der Waals surface area contributed by atoms with Crippen LogP contribution in [0.5, 0.6) is 0 Å². The molecule has 0 aliphatic rings. The van der Waals surface area contributed by atoms with Crippen molar-refractivity contribution in [3.05, 3.63) is 48.7 Å². The zero-order valence-electron chi connectivity index (χ0n) is 12.7. The topological polar surface area (TPSA) is 73.0 Å². The van der Waals surface area contributed by atoms with Gasteiger partial charge < -0.3 is 14.4 Å². The molecule has 1 aromatic carbocycles. The van der Waals surface area contributed by atoms with Crippen molar-refractivity contribution in [2.75, 3.05) is 11.1 Å². The fourth-order valence-electron chi connectivity index (χ4n) is 2.20. The van der Waals surface area contributed by atoms with Gasteiger partial charge in [-0.05, 0) is 19.1 Å². The normalized spacial score (nSPS) is 10.8. The van der Waals surface area contributed by atoms with Crippen molar-refractivity contribution >= 4 is 34.5 Å². The lowest BCUT2D eigenvalue weighted by molar-refractivity contribution is -0.113. The maximum atomic E-state index is 12.0. The van der Waals surface area contributed by atoms with Gasteiger partial charge in [0.1, 0.15) is 5.76 Å². The molecular weight excluding hydrogens is 312 g/mol. The summed E-state index contributed by atoms with van der Waals surface area (Å²) < 4.78 is 6.96. The highest BCUT2D eigenvalue weighted by molar-refractivity contribution is 7.99. The van der Waals surface area contributed by atoms with Gasteiger partial charge in [-0.15, -0.1) is 6.58 Å². The van der Waals surface area contributed by atoms with E-state index in [1.54, 1.807) is 13.0 Å². The van der Waals surface area contributed by atoms with Crippen LogP contribution in [0.2, 0.25) is 0 Å². The summed E-state index contributed by atoms with van der Waals surface area (Å²) in [5.74, 6) is 1.17. The Morgan fingerprint density at radius 3 is 3.04 bits per heavy atom. The molecule has 2 aromatic heterocycles. The van der Waals surface area contributed by atoms with Gasteiger partial charge in [-0.1, -0.05) is 35.1 Å². The van der Waals surface area contributed by atoms with Crippen molar-refractivity contribution in [2.45, 2.75) is 18.6 Å². The average molecular weight is 328 g/mol. The molecule has 0 aliphatic heterocycles. The van der Waals surface area contributed by atoms with Crippen LogP contribution in [0, 0.1) is 6.92 Å². The lowest BCUT2D eigenvalue weighted by atomic mass is 10.3. The van der Waals surface area contributed by atoms with Crippen molar-refractivity contribution in [1.29, 1.82) is 0 Å². The van der Waals surface area contributed by atoms with E-state index < -0.39 is 0 Å². The lowest BCUT2D eigenvalue weighted by Gasteiger charge is -2.05. The molecule has 0 aliphatic carbocycles. The van der Waals surface area contributed by atoms with Crippen LogP contribution in [0.4, 0.5) is 5.82 Å². The zero-order chi connectivity index (χ0) is 16.2. The first-order valence-electron chi connectivity index (χ1n) is 7.09. The van der Waals surface area contributed by atoms with Crippen LogP contribution >= 0.6 is 11.8 Å². The molecule has 3 rings (SSSR count). The molecule has 0 saturated carbocycles. The number of thioether (sulfide) groups is 1. The number of allylic oxidation sites excluding steroid dienone is 1. The number of carbonyl (C=O) groups is 1. The Kier molecular flexibility index (Phi) is 4.47. The minimum Gasteiger partial charge on any atom is -0.360 e. The van der Waals surface area contributed by atoms with E-state index in [0.29, 0.717) is 18.1 Å². The fraction of sp³-hybridized carbons (Fsp3) is 0.188. The van der Waals surface area contributed by atoms with Gasteiger partial charge in [0.05, 0.1) is 16.8 Å². The Hall–Kier alpha value is -2.54. The van der Waals surface area contributed by atoms with E-state index in [-0.39, 0.29) is 11.7 Å². The standard InChI is InChI=1S/C16H16N4O2S/c1-3-8-20-13-7-5-4-6-12(13)17-16(20)23-10-15(21)18-14-9-11(2)22-19-14/h3-7,9H,1,8,10H2,2H3,(H,18,19,21). The van der Waals surface area contributed by atoms with Gasteiger partial charge >= 0.3 is 0 Å². The molecule has 0 fully saturated rings. The van der Waals surface area contributed by atoms with Crippen molar-refractivity contribution in [3.8, 4) is 0 Å². The van der Waals surface area contributed by atoms with E-state index in [2.05, 4.69) is 22.0 Å². The Balaban J connectivity index is 1.72. The Morgan fingerprint density at radius 1 is 1.48 bits per heavy atom. The number of rotatable bonds is 6. The summed E-state index contributed by atoms with van der Waals surface area (Å²) >= 11 is 1.38. The molecular formula is C16H16N4O2S. The molecule has 0 atom stereocenters. The number of aromatic nitrogens is 3. The largest absolute Gasteiger partial charge is 0.360 e. The van der Waals surface area contributed by atoms with Crippen molar-refractivity contribution < 1.29 is 9.32 Å². The minimum atomic E-state index is -0.152. The first-order valence-corrected chi connectivity index (χ1v) is 8.08. The highest BCUT2D eigenvalue weighted by Crippen LogP contribution is 2.24. The molecule has 0 spiro atoms. The molecule has 23 heavy (non-hydrogen) atoms. The minimum absolute atomic E-state index is 0.152. The number of nitrogens with one attached hydrogen (secondary N) is 1. The second kappa shape index (κ2) is 6.70. The number of benzene rings is 1. The van der Waals surface area contributed by atoms with Gasteiger partial charge in [0.15, 0.2) is 11.0 Å². The smallest absolute Gasteiger partial charge is 0.236 e. The predicted molar refractivity (Wildman–Crippen MR) is 90.5 cm³/mol. The molecule has 0 bridgehead atoms. The Labute approximate surface area is 137 Å². The third kappa shape index (κ3) is 3.45. The highest BCUT2D eigenvalue weighted by atomic mass is 32.2. The molecule has 118 valence electrons. The number of hydrogen-bond acceptors (Lipinski definition) is 5. The van der Waals surface area contributed by atoms with Crippen LogP contribution in [0.25, 0.3) is 11.0 Å². The summed E-state index contributed by atoms with van der Waals surface area (Å²) in [5, 5.41) is 7.23. The van der Waals surface area contributed by atoms with Gasteiger partial charge in [0.25, 0.3) is 0 Å². The van der Waals surface area contributed by atoms with E-state index in [0.717, 1.165) is 16.2 Å². The quantitative estimate of drug-likeness (QED) is 0.555. The van der Waals surface area contributed by atoms with Crippen molar-refractivity contribution in [1.82, 2.24) is 14.7 Å². The van der Waals surface area contributed by atoms with Gasteiger partial charge in [0, 0.05) is 12.6 Å². The van der Waals surface area contributed by atoms with Gasteiger partial charge in [-0.3, -0.25) is 4.79 Å². The molecule has 1 N–H and O–H groups in total. The van der Waals surface area contributed by atoms with Crippen LogP contribution in [0.3, 0.4) is 0 Å². The van der Waals surface area contributed by atoms with Gasteiger partial charge in [-0.2, -0.15) is 0 Å². The molecule has 2 heterocycles. The third-order valence-corrected chi connectivity index (χ3v) is 4.14. The van der Waals surface area contributed by atoms with Crippen LogP contribution in [-0.4, -0.2) is 26.4 Å². The number of para-hydroxylation sites is 2. The summed E-state index contributed by atoms with van der Waals surface area (Å²) in [4.78, 5) is 16.6. The molecule has 1 amide bonds. The van der Waals surface area contributed by atoms with Crippen LogP contribution in [0.1, 0.15) is 5.76 Å². The average Bonchev–Trinajstić information content (AvgIpc) is 3.10. The number of fused-ring (bicyclic) bond motifs is 1. The highest BCUT2D eigenvalue weighted by Gasteiger charge is 2.13. The number of amides is 1. The van der Waals surface area contributed by atoms with E-state index in [1.165, 1.54) is 11.8 Å². The molecule has 6 nitrogen and oxygen atoms in total. The Morgan fingerprint density at radius 2 is 2.30 bits per heavy atom. The predicted octanol–water partition coefficient (Wildman–Crippen LogP) is 3.25. The van der Waals surface area contributed by atoms with Crippen molar-refractivity contribution in [2.24, 2.45) is 0 Å². The molecule has 0 unspecified atom stereocenters. The number of carbonyl (C=O) groups excluding carboxylic acids is 1.